The molecule has 4 nitrogen and oxygen atoms in total. The Morgan fingerprint density at radius 3 is 2.50 bits per heavy atom. The molecule has 3 aromatic rings. The highest BCUT2D eigenvalue weighted by Gasteiger charge is 2.37. The number of rotatable bonds is 7. The van der Waals surface area contributed by atoms with Crippen LogP contribution >= 0.6 is 0 Å². The number of carbonyl (C=O) groups is 1. The van der Waals surface area contributed by atoms with Gasteiger partial charge in [0.15, 0.2) is 0 Å². The third kappa shape index (κ3) is 4.94. The Kier molecular flexibility index (Phi) is 6.75. The summed E-state index contributed by atoms with van der Waals surface area (Å²) in [6.45, 7) is 9.47. The first kappa shape index (κ1) is 22.3. The fourth-order valence-electron chi connectivity index (χ4n) is 4.79. The molecule has 1 saturated heterocycles. The Balaban J connectivity index is 1.58. The van der Waals surface area contributed by atoms with Gasteiger partial charge in [0.25, 0.3) is 5.91 Å². The zero-order valence-electron chi connectivity index (χ0n) is 19.0. The van der Waals surface area contributed by atoms with Crippen LogP contribution < -0.4 is 0 Å². The number of nitrogens with zero attached hydrogens (tertiary/aromatic N) is 2. The molecule has 1 aliphatic heterocycles. The first-order chi connectivity index (χ1) is 15.4. The molecule has 0 aliphatic carbocycles. The van der Waals surface area contributed by atoms with Crippen molar-refractivity contribution in [2.75, 3.05) is 19.6 Å². The fourth-order valence-corrected chi connectivity index (χ4v) is 4.79. The lowest BCUT2D eigenvalue weighted by Gasteiger charge is -2.32. The number of likely N-dealkylation sites (tertiary alicyclic amines) is 1. The van der Waals surface area contributed by atoms with Crippen molar-refractivity contribution in [1.29, 1.82) is 0 Å². The van der Waals surface area contributed by atoms with Crippen molar-refractivity contribution in [1.82, 2.24) is 9.80 Å². The maximum atomic E-state index is 13.4. The predicted molar refractivity (Wildman–Crippen MR) is 124 cm³/mol. The first-order valence-electron chi connectivity index (χ1n) is 11.3. The molecule has 0 radical (unpaired) electrons. The van der Waals surface area contributed by atoms with E-state index in [1.54, 1.807) is 18.4 Å². The van der Waals surface area contributed by atoms with E-state index < -0.39 is 0 Å². The Labute approximate surface area is 189 Å². The Morgan fingerprint density at radius 2 is 1.84 bits per heavy atom. The van der Waals surface area contributed by atoms with Crippen LogP contribution in [0.1, 0.15) is 47.0 Å². The van der Waals surface area contributed by atoms with Crippen LogP contribution in [0.3, 0.4) is 0 Å². The van der Waals surface area contributed by atoms with Gasteiger partial charge in [-0.15, -0.1) is 0 Å². The minimum absolute atomic E-state index is 0.0456. The molecule has 2 aromatic carbocycles. The number of hydrogen-bond donors (Lipinski definition) is 0. The van der Waals surface area contributed by atoms with Gasteiger partial charge in [-0.1, -0.05) is 24.3 Å². The summed E-state index contributed by atoms with van der Waals surface area (Å²) in [5, 5.41) is 0. The van der Waals surface area contributed by atoms with Crippen LogP contribution in [0.4, 0.5) is 4.39 Å². The van der Waals surface area contributed by atoms with Gasteiger partial charge in [-0.25, -0.2) is 4.39 Å². The molecule has 4 rings (SSSR count). The zero-order chi connectivity index (χ0) is 22.7. The van der Waals surface area contributed by atoms with E-state index in [0.29, 0.717) is 18.0 Å². The normalized spacial score (nSPS) is 18.9. The Bertz CT molecular complexity index is 1030. The third-order valence-electron chi connectivity index (χ3n) is 6.47. The summed E-state index contributed by atoms with van der Waals surface area (Å²) in [7, 11) is 0. The predicted octanol–water partition coefficient (Wildman–Crippen LogP) is 5.49. The molecule has 1 aromatic heterocycles. The second-order valence-electron chi connectivity index (χ2n) is 9.05. The van der Waals surface area contributed by atoms with Gasteiger partial charge in [0.05, 0.1) is 12.8 Å². The third-order valence-corrected chi connectivity index (χ3v) is 6.47. The maximum Gasteiger partial charge on any atom is 0.254 e. The molecule has 32 heavy (non-hydrogen) atoms. The number of halogens is 1. The van der Waals surface area contributed by atoms with Crippen molar-refractivity contribution in [3.8, 4) is 0 Å². The largest absolute Gasteiger partial charge is 0.468 e. The summed E-state index contributed by atoms with van der Waals surface area (Å²) < 4.78 is 19.0. The van der Waals surface area contributed by atoms with Crippen LogP contribution in [-0.4, -0.2) is 41.4 Å². The van der Waals surface area contributed by atoms with E-state index in [9.17, 15) is 9.18 Å². The van der Waals surface area contributed by atoms with Crippen molar-refractivity contribution in [3.05, 3.63) is 95.2 Å². The van der Waals surface area contributed by atoms with E-state index in [2.05, 4.69) is 36.1 Å². The van der Waals surface area contributed by atoms with Gasteiger partial charge in [-0.2, -0.15) is 0 Å². The van der Waals surface area contributed by atoms with Gasteiger partial charge in [-0.05, 0) is 74.2 Å². The molecule has 2 unspecified atom stereocenters. The number of hydrogen-bond acceptors (Lipinski definition) is 3. The molecule has 5 heteroatoms. The number of furan rings is 1. The van der Waals surface area contributed by atoms with E-state index in [1.807, 2.05) is 30.9 Å². The molecule has 0 saturated carbocycles. The van der Waals surface area contributed by atoms with Gasteiger partial charge < -0.3 is 9.32 Å². The molecule has 2 heterocycles. The summed E-state index contributed by atoms with van der Waals surface area (Å²) in [5.74, 6) is 1.19. The second-order valence-corrected chi connectivity index (χ2v) is 9.05. The lowest BCUT2D eigenvalue weighted by atomic mass is 9.86. The van der Waals surface area contributed by atoms with Crippen LogP contribution in [0, 0.1) is 18.7 Å². The lowest BCUT2D eigenvalue weighted by Crippen LogP contribution is -2.42. The SMILES string of the molecule is Cc1ccccc1C1CN(Cc2ccco2)CC1CN(C(=O)c1ccc(F)cc1)C(C)C. The topological polar surface area (TPSA) is 36.7 Å². The van der Waals surface area contributed by atoms with Crippen LogP contribution in [0.5, 0.6) is 0 Å². The number of benzene rings is 2. The van der Waals surface area contributed by atoms with Gasteiger partial charge in [-0.3, -0.25) is 9.69 Å². The van der Waals surface area contributed by atoms with Crippen molar-refractivity contribution >= 4 is 5.91 Å². The Hall–Kier alpha value is -2.92. The second kappa shape index (κ2) is 9.70. The monoisotopic (exact) mass is 434 g/mol. The first-order valence-corrected chi connectivity index (χ1v) is 11.3. The minimum Gasteiger partial charge on any atom is -0.468 e. The summed E-state index contributed by atoms with van der Waals surface area (Å²) in [6, 6.07) is 18.4. The van der Waals surface area contributed by atoms with Crippen molar-refractivity contribution in [2.24, 2.45) is 5.92 Å². The van der Waals surface area contributed by atoms with Gasteiger partial charge in [0.2, 0.25) is 0 Å². The van der Waals surface area contributed by atoms with E-state index in [4.69, 9.17) is 4.42 Å². The molecule has 0 N–H and O–H groups in total. The number of amides is 1. The molecular weight excluding hydrogens is 403 g/mol. The molecule has 1 aliphatic rings. The average molecular weight is 435 g/mol. The van der Waals surface area contributed by atoms with E-state index in [1.165, 1.54) is 23.3 Å². The minimum atomic E-state index is -0.332. The standard InChI is InChI=1S/C27H31FN2O2/c1-19(2)30(27(31)21-10-12-23(28)13-11-21)16-22-15-29(17-24-8-6-14-32-24)18-26(22)25-9-5-4-7-20(25)3/h4-14,19,22,26H,15-18H2,1-3H3. The zero-order valence-corrected chi connectivity index (χ0v) is 19.0. The molecular formula is C27H31FN2O2. The molecule has 168 valence electrons. The van der Waals surface area contributed by atoms with Crippen LogP contribution in [-0.2, 0) is 6.54 Å². The summed E-state index contributed by atoms with van der Waals surface area (Å²) in [6.07, 6.45) is 1.71. The van der Waals surface area contributed by atoms with Crippen molar-refractivity contribution in [2.45, 2.75) is 39.3 Å². The number of aryl methyl sites for hydroxylation is 1. The molecule has 0 spiro atoms. The van der Waals surface area contributed by atoms with Gasteiger partial charge in [0.1, 0.15) is 11.6 Å². The van der Waals surface area contributed by atoms with Gasteiger partial charge >= 0.3 is 0 Å². The Morgan fingerprint density at radius 1 is 1.09 bits per heavy atom. The summed E-state index contributed by atoms with van der Waals surface area (Å²) in [4.78, 5) is 17.7. The van der Waals surface area contributed by atoms with E-state index in [0.717, 1.165) is 25.4 Å². The highest BCUT2D eigenvalue weighted by atomic mass is 19.1. The smallest absolute Gasteiger partial charge is 0.254 e. The maximum absolute atomic E-state index is 13.4. The summed E-state index contributed by atoms with van der Waals surface area (Å²) in [5.41, 5.74) is 3.15. The molecule has 0 bridgehead atoms. The van der Waals surface area contributed by atoms with Crippen LogP contribution in [0.2, 0.25) is 0 Å². The fraction of sp³-hybridized carbons (Fsp3) is 0.370. The highest BCUT2D eigenvalue weighted by Crippen LogP contribution is 2.36. The number of carbonyl (C=O) groups excluding carboxylic acids is 1. The molecule has 2 atom stereocenters. The van der Waals surface area contributed by atoms with Crippen LogP contribution in [0.15, 0.2) is 71.3 Å². The highest BCUT2D eigenvalue weighted by molar-refractivity contribution is 5.94. The van der Waals surface area contributed by atoms with Crippen LogP contribution in [0.25, 0.3) is 0 Å². The van der Waals surface area contributed by atoms with E-state index >= 15 is 0 Å². The van der Waals surface area contributed by atoms with Gasteiger partial charge in [0, 0.05) is 37.2 Å². The van der Waals surface area contributed by atoms with Crippen molar-refractivity contribution in [3.63, 3.8) is 0 Å². The van der Waals surface area contributed by atoms with E-state index in [-0.39, 0.29) is 23.7 Å². The molecule has 1 amide bonds. The molecule has 1 fully saturated rings. The quantitative estimate of drug-likeness (QED) is 0.493. The van der Waals surface area contributed by atoms with Crippen molar-refractivity contribution < 1.29 is 13.6 Å². The lowest BCUT2D eigenvalue weighted by molar-refractivity contribution is 0.0668. The summed E-state index contributed by atoms with van der Waals surface area (Å²) >= 11 is 0. The average Bonchev–Trinajstić information content (AvgIpc) is 3.42.